The van der Waals surface area contributed by atoms with Crippen molar-refractivity contribution in [3.8, 4) is 0 Å². The molecule has 0 bridgehead atoms. The topological polar surface area (TPSA) is 3.01 Å². The first-order valence-corrected chi connectivity index (χ1v) is 4.45. The Hall–Kier alpha value is -0.0400. The van der Waals surface area contributed by atoms with Gasteiger partial charge in [-0.15, -0.1) is 0 Å². The maximum absolute atomic E-state index is 2.47. The van der Waals surface area contributed by atoms with E-state index in [1.807, 2.05) is 0 Å². The quantitative estimate of drug-likeness (QED) is 0.480. The van der Waals surface area contributed by atoms with Gasteiger partial charge in [0.15, 0.2) is 0 Å². The van der Waals surface area contributed by atoms with Crippen LogP contribution in [0.5, 0.6) is 0 Å². The maximum atomic E-state index is 2.47. The van der Waals surface area contributed by atoms with E-state index in [0.717, 1.165) is 5.92 Å². The first-order valence-electron chi connectivity index (χ1n) is 4.45. The number of halogens is 1. The maximum Gasteiger partial charge on any atom is 0.143 e. The molecule has 1 heterocycles. The average Bonchev–Trinajstić information content (AvgIpc) is 2.37. The number of hydrogen-bond donors (Lipinski definition) is 0. The predicted octanol–water partition coefficient (Wildman–Crippen LogP) is -1.09. The number of nitrogens with zero attached hydrogens (tertiary/aromatic N) is 1. The van der Waals surface area contributed by atoms with Crippen LogP contribution in [0.1, 0.15) is 33.1 Å². The second-order valence-electron chi connectivity index (χ2n) is 3.14. The van der Waals surface area contributed by atoms with E-state index in [0.29, 0.717) is 0 Å². The van der Waals surface area contributed by atoms with Gasteiger partial charge in [-0.1, -0.05) is 13.8 Å². The molecule has 0 amide bonds. The molecule has 0 aromatic heterocycles. The van der Waals surface area contributed by atoms with Crippen molar-refractivity contribution >= 4 is 6.21 Å². The van der Waals surface area contributed by atoms with Crippen molar-refractivity contribution in [1.29, 1.82) is 0 Å². The highest BCUT2D eigenvalue weighted by atomic mass is 35.5. The molecule has 1 atom stereocenters. The fraction of sp³-hybridized carbons (Fsp3) is 0.889. The lowest BCUT2D eigenvalue weighted by Crippen LogP contribution is -3.00. The number of hydrogen-bond acceptors (Lipinski definition) is 0. The second kappa shape index (κ2) is 5.59. The van der Waals surface area contributed by atoms with E-state index in [1.165, 1.54) is 32.4 Å². The lowest BCUT2D eigenvalue weighted by molar-refractivity contribution is -0.515. The molecule has 1 aliphatic heterocycles. The summed E-state index contributed by atoms with van der Waals surface area (Å²) in [4.78, 5) is 0. The van der Waals surface area contributed by atoms with Gasteiger partial charge in [-0.25, -0.2) is 4.58 Å². The minimum absolute atomic E-state index is 0. The van der Waals surface area contributed by atoms with Crippen LogP contribution in [-0.2, 0) is 0 Å². The standard InChI is InChI=1S/C9H18N.ClH/c1-3-6-10-7-5-9(4-2)8-10;/h8-9H,3-7H2,1-2H3;1H/q+1;/p-1. The van der Waals surface area contributed by atoms with Crippen molar-refractivity contribution in [1.82, 2.24) is 0 Å². The fourth-order valence-electron chi connectivity index (χ4n) is 1.56. The van der Waals surface area contributed by atoms with E-state index in [9.17, 15) is 0 Å². The summed E-state index contributed by atoms with van der Waals surface area (Å²) < 4.78 is 2.47. The largest absolute Gasteiger partial charge is 1.00 e. The Labute approximate surface area is 75.9 Å². The minimum atomic E-state index is 0. The summed E-state index contributed by atoms with van der Waals surface area (Å²) >= 11 is 0. The molecule has 2 heteroatoms. The summed E-state index contributed by atoms with van der Waals surface area (Å²) in [7, 11) is 0. The third-order valence-corrected chi connectivity index (χ3v) is 2.24. The summed E-state index contributed by atoms with van der Waals surface area (Å²) in [5.41, 5.74) is 0. The zero-order valence-corrected chi connectivity index (χ0v) is 8.27. The SMILES string of the molecule is CCC[N+]1=CC(CC)CC1.[Cl-]. The lowest BCUT2D eigenvalue weighted by Gasteiger charge is -1.90. The van der Waals surface area contributed by atoms with Gasteiger partial charge in [0.2, 0.25) is 0 Å². The van der Waals surface area contributed by atoms with Crippen molar-refractivity contribution in [2.45, 2.75) is 33.1 Å². The minimum Gasteiger partial charge on any atom is -1.00 e. The summed E-state index contributed by atoms with van der Waals surface area (Å²) in [6.07, 6.45) is 6.41. The van der Waals surface area contributed by atoms with Gasteiger partial charge < -0.3 is 12.4 Å². The first-order chi connectivity index (χ1) is 4.86. The van der Waals surface area contributed by atoms with Crippen molar-refractivity contribution in [2.24, 2.45) is 5.92 Å². The molecule has 1 unspecified atom stereocenters. The van der Waals surface area contributed by atoms with Crippen LogP contribution >= 0.6 is 0 Å². The van der Waals surface area contributed by atoms with Gasteiger partial charge >= 0.3 is 0 Å². The molecule has 0 fully saturated rings. The molecule has 1 nitrogen and oxygen atoms in total. The van der Waals surface area contributed by atoms with E-state index in [4.69, 9.17) is 0 Å². The summed E-state index contributed by atoms with van der Waals surface area (Å²) in [6.45, 7) is 7.08. The highest BCUT2D eigenvalue weighted by Gasteiger charge is 2.18. The highest BCUT2D eigenvalue weighted by molar-refractivity contribution is 5.56. The lowest BCUT2D eigenvalue weighted by atomic mass is 10.1. The molecule has 1 rings (SSSR count). The normalized spacial score (nSPS) is 22.7. The van der Waals surface area contributed by atoms with Crippen LogP contribution in [0.15, 0.2) is 0 Å². The van der Waals surface area contributed by atoms with Crippen LogP contribution in [0.25, 0.3) is 0 Å². The molecule has 0 aromatic carbocycles. The van der Waals surface area contributed by atoms with E-state index in [1.54, 1.807) is 0 Å². The molecular weight excluding hydrogens is 158 g/mol. The van der Waals surface area contributed by atoms with E-state index in [-0.39, 0.29) is 12.4 Å². The third-order valence-electron chi connectivity index (χ3n) is 2.24. The van der Waals surface area contributed by atoms with E-state index >= 15 is 0 Å². The van der Waals surface area contributed by atoms with Gasteiger partial charge in [-0.2, -0.15) is 0 Å². The molecule has 0 aliphatic carbocycles. The molecule has 0 N–H and O–H groups in total. The Bertz CT molecular complexity index is 132. The van der Waals surface area contributed by atoms with Gasteiger partial charge in [0.05, 0.1) is 0 Å². The number of rotatable bonds is 3. The molecule has 11 heavy (non-hydrogen) atoms. The van der Waals surface area contributed by atoms with Crippen LogP contribution in [0.2, 0.25) is 0 Å². The Kier molecular flexibility index (Phi) is 5.57. The highest BCUT2D eigenvalue weighted by Crippen LogP contribution is 2.10. The van der Waals surface area contributed by atoms with E-state index < -0.39 is 0 Å². The molecule has 0 saturated heterocycles. The fourth-order valence-corrected chi connectivity index (χ4v) is 1.56. The van der Waals surface area contributed by atoms with Crippen molar-refractivity contribution in [3.05, 3.63) is 0 Å². The molecular formula is C9H18ClN. The summed E-state index contributed by atoms with van der Waals surface area (Å²) in [5, 5.41) is 0. The zero-order valence-electron chi connectivity index (χ0n) is 7.52. The summed E-state index contributed by atoms with van der Waals surface area (Å²) in [5.74, 6) is 0.881. The van der Waals surface area contributed by atoms with E-state index in [2.05, 4.69) is 24.6 Å². The predicted molar refractivity (Wildman–Crippen MR) is 44.7 cm³/mol. The molecule has 66 valence electrons. The van der Waals surface area contributed by atoms with Crippen LogP contribution in [0.4, 0.5) is 0 Å². The smallest absolute Gasteiger partial charge is 0.143 e. The van der Waals surface area contributed by atoms with Crippen LogP contribution in [0.3, 0.4) is 0 Å². The Morgan fingerprint density at radius 2 is 2.18 bits per heavy atom. The monoisotopic (exact) mass is 175 g/mol. The van der Waals surface area contributed by atoms with Gasteiger partial charge in [0.25, 0.3) is 0 Å². The van der Waals surface area contributed by atoms with Gasteiger partial charge in [0.1, 0.15) is 19.3 Å². The van der Waals surface area contributed by atoms with Crippen LogP contribution < -0.4 is 12.4 Å². The van der Waals surface area contributed by atoms with Crippen LogP contribution in [-0.4, -0.2) is 23.9 Å². The molecule has 1 aliphatic rings. The van der Waals surface area contributed by atoms with Crippen molar-refractivity contribution in [3.63, 3.8) is 0 Å². The van der Waals surface area contributed by atoms with Gasteiger partial charge in [0, 0.05) is 18.8 Å². The van der Waals surface area contributed by atoms with Crippen molar-refractivity contribution in [2.75, 3.05) is 13.1 Å². The third kappa shape index (κ3) is 3.24. The average molecular weight is 176 g/mol. The molecule has 0 saturated carbocycles. The Morgan fingerprint density at radius 3 is 2.64 bits per heavy atom. The summed E-state index contributed by atoms with van der Waals surface area (Å²) in [6, 6.07) is 0. The Balaban J connectivity index is 0.000001000. The molecule has 0 spiro atoms. The Morgan fingerprint density at radius 1 is 1.45 bits per heavy atom. The second-order valence-corrected chi connectivity index (χ2v) is 3.14. The van der Waals surface area contributed by atoms with Gasteiger partial charge in [-0.05, 0) is 6.42 Å². The van der Waals surface area contributed by atoms with Crippen molar-refractivity contribution < 1.29 is 17.0 Å². The molecule has 0 radical (unpaired) electrons. The zero-order chi connectivity index (χ0) is 7.40. The first kappa shape index (κ1) is 11.0. The van der Waals surface area contributed by atoms with Crippen LogP contribution in [0, 0.1) is 5.92 Å². The molecule has 0 aromatic rings. The van der Waals surface area contributed by atoms with Gasteiger partial charge in [-0.3, -0.25) is 0 Å².